The van der Waals surface area contributed by atoms with E-state index in [2.05, 4.69) is 92.0 Å². The molecule has 0 amide bonds. The Kier molecular flexibility index (Phi) is 10.0. The predicted octanol–water partition coefficient (Wildman–Crippen LogP) is 8.32. The van der Waals surface area contributed by atoms with Crippen LogP contribution in [-0.2, 0) is 4.74 Å². The van der Waals surface area contributed by atoms with Crippen LogP contribution in [0.25, 0.3) is 22.3 Å². The zero-order valence-electron chi connectivity index (χ0n) is 26.9. The number of aryl methyl sites for hydroxylation is 1. The average Bonchev–Trinajstić information content (AvgIpc) is 3.85. The Labute approximate surface area is 262 Å². The first-order chi connectivity index (χ1) is 21.4. The highest BCUT2D eigenvalue weighted by molar-refractivity contribution is 6.02. The van der Waals surface area contributed by atoms with E-state index in [1.54, 1.807) is 0 Å². The average molecular weight is 591 g/mol. The van der Waals surface area contributed by atoms with Gasteiger partial charge in [0.15, 0.2) is 0 Å². The fraction of sp³-hybridized carbons (Fsp3) is 0.368. The molecule has 1 atom stereocenters. The second kappa shape index (κ2) is 14.1. The molecule has 0 spiro atoms. The summed E-state index contributed by atoms with van der Waals surface area (Å²) in [6.07, 6.45) is 13.6. The number of fused-ring (bicyclic) bond motifs is 2. The Morgan fingerprint density at radius 1 is 0.977 bits per heavy atom. The van der Waals surface area contributed by atoms with Crippen molar-refractivity contribution in [2.75, 3.05) is 26.3 Å². The third kappa shape index (κ3) is 6.97. The van der Waals surface area contributed by atoms with Crippen LogP contribution in [0, 0.1) is 12.8 Å². The minimum absolute atomic E-state index is 0.206. The van der Waals surface area contributed by atoms with E-state index >= 15 is 0 Å². The zero-order valence-corrected chi connectivity index (χ0v) is 26.9. The molecule has 2 fully saturated rings. The number of rotatable bonds is 4. The van der Waals surface area contributed by atoms with Crippen LogP contribution in [0.2, 0.25) is 0 Å². The molecule has 0 bridgehead atoms. The molecule has 2 aromatic carbocycles. The molecule has 230 valence electrons. The zero-order chi connectivity index (χ0) is 31.2. The number of hydrogen-bond acceptors (Lipinski definition) is 5. The summed E-state index contributed by atoms with van der Waals surface area (Å²) in [5.41, 5.74) is 9.02. The van der Waals surface area contributed by atoms with E-state index in [9.17, 15) is 4.79 Å². The van der Waals surface area contributed by atoms with E-state index in [-0.39, 0.29) is 17.9 Å². The summed E-state index contributed by atoms with van der Waals surface area (Å²) < 4.78 is 7.14. The quantitative estimate of drug-likeness (QED) is 0.307. The van der Waals surface area contributed by atoms with Crippen LogP contribution < -0.4 is 0 Å². The molecule has 44 heavy (non-hydrogen) atoms. The molecule has 1 aromatic heterocycles. The van der Waals surface area contributed by atoms with Gasteiger partial charge >= 0.3 is 0 Å². The standard InChI is InChI=1S/C23H23N3O.C13H17NO.C2H6/c1-15-6-9-21-16(2)24-20(14-25(21)12-10-15)18-4-3-5-22-19(18)11-13-26(22)23(27)17-7-8-17;1-11-3-5-13(6-4-11)12(2)14-7-9-15-10-8-14;1-2/h3-6,10-14,17,21H,7-9H2,1-2H3;3-6H,2,7-10H2,1H3;1-2H3. The minimum atomic E-state index is 0.206. The molecule has 1 saturated heterocycles. The molecule has 1 saturated carbocycles. The van der Waals surface area contributed by atoms with Crippen molar-refractivity contribution < 1.29 is 9.53 Å². The molecule has 3 aromatic rings. The minimum Gasteiger partial charge on any atom is -0.378 e. The number of allylic oxidation sites excluding steroid dienone is 2. The highest BCUT2D eigenvalue weighted by atomic mass is 16.5. The van der Waals surface area contributed by atoms with Gasteiger partial charge < -0.3 is 14.5 Å². The molecule has 0 N–H and O–H groups in total. The first kappa shape index (κ1) is 31.3. The van der Waals surface area contributed by atoms with Gasteiger partial charge in [0, 0.05) is 60.0 Å². The Balaban J connectivity index is 0.000000192. The third-order valence-electron chi connectivity index (χ3n) is 8.53. The van der Waals surface area contributed by atoms with Gasteiger partial charge in [-0.05, 0) is 63.8 Å². The van der Waals surface area contributed by atoms with Gasteiger partial charge in [0.25, 0.3) is 0 Å². The number of carbonyl (C=O) groups excluding carboxylic acids is 1. The molecule has 6 nitrogen and oxygen atoms in total. The molecule has 7 rings (SSSR count). The van der Waals surface area contributed by atoms with Crippen molar-refractivity contribution in [3.8, 4) is 0 Å². The van der Waals surface area contributed by atoms with Crippen LogP contribution in [0.1, 0.15) is 68.4 Å². The lowest BCUT2D eigenvalue weighted by Crippen LogP contribution is -2.34. The van der Waals surface area contributed by atoms with Gasteiger partial charge in [0.1, 0.15) is 0 Å². The number of aromatic nitrogens is 1. The van der Waals surface area contributed by atoms with Crippen molar-refractivity contribution in [1.29, 1.82) is 0 Å². The molecular weight excluding hydrogens is 544 g/mol. The maximum Gasteiger partial charge on any atom is 0.234 e. The molecule has 6 heteroatoms. The summed E-state index contributed by atoms with van der Waals surface area (Å²) in [6, 6.07) is 17.0. The van der Waals surface area contributed by atoms with Gasteiger partial charge in [-0.2, -0.15) is 0 Å². The van der Waals surface area contributed by atoms with Crippen LogP contribution in [0.5, 0.6) is 0 Å². The summed E-state index contributed by atoms with van der Waals surface area (Å²) in [5.74, 6) is 0.425. The van der Waals surface area contributed by atoms with Crippen molar-refractivity contribution in [3.63, 3.8) is 0 Å². The third-order valence-corrected chi connectivity index (χ3v) is 8.53. The first-order valence-corrected chi connectivity index (χ1v) is 16.0. The Bertz CT molecular complexity index is 1610. The van der Waals surface area contributed by atoms with Crippen LogP contribution in [0.15, 0.2) is 96.4 Å². The van der Waals surface area contributed by atoms with Crippen molar-refractivity contribution >= 4 is 33.9 Å². The van der Waals surface area contributed by atoms with Crippen molar-refractivity contribution in [2.24, 2.45) is 10.9 Å². The lowest BCUT2D eigenvalue weighted by Gasteiger charge is -2.30. The van der Waals surface area contributed by atoms with Gasteiger partial charge in [-0.25, -0.2) is 0 Å². The molecule has 4 heterocycles. The van der Waals surface area contributed by atoms with Gasteiger partial charge in [-0.1, -0.05) is 74.0 Å². The number of morpholine rings is 1. The van der Waals surface area contributed by atoms with Gasteiger partial charge in [-0.3, -0.25) is 14.4 Å². The fourth-order valence-electron chi connectivity index (χ4n) is 5.75. The van der Waals surface area contributed by atoms with E-state index in [4.69, 9.17) is 9.73 Å². The van der Waals surface area contributed by atoms with Gasteiger partial charge in [0.05, 0.1) is 30.5 Å². The van der Waals surface area contributed by atoms with E-state index in [1.807, 2.05) is 42.8 Å². The summed E-state index contributed by atoms with van der Waals surface area (Å²) in [5, 5.41) is 1.08. The van der Waals surface area contributed by atoms with E-state index in [1.165, 1.54) is 16.7 Å². The number of aliphatic imine (C=N–C) groups is 1. The Hall–Kier alpha value is -4.16. The van der Waals surface area contributed by atoms with Crippen LogP contribution in [0.4, 0.5) is 0 Å². The van der Waals surface area contributed by atoms with E-state index < -0.39 is 0 Å². The van der Waals surface area contributed by atoms with Crippen molar-refractivity contribution in [1.82, 2.24) is 14.4 Å². The number of carbonyl (C=O) groups is 1. The maximum atomic E-state index is 12.6. The van der Waals surface area contributed by atoms with Gasteiger partial charge in [0.2, 0.25) is 5.91 Å². The highest BCUT2D eigenvalue weighted by Crippen LogP contribution is 2.35. The number of nitrogens with zero attached hydrogens (tertiary/aromatic N) is 4. The normalized spacial score (nSPS) is 19.3. The lowest BCUT2D eigenvalue weighted by molar-refractivity contribution is 0.0641. The van der Waals surface area contributed by atoms with E-state index in [0.29, 0.717) is 0 Å². The molecule has 0 radical (unpaired) electrons. The lowest BCUT2D eigenvalue weighted by atomic mass is 10.0. The van der Waals surface area contributed by atoms with Crippen LogP contribution in [0.3, 0.4) is 0 Å². The summed E-state index contributed by atoms with van der Waals surface area (Å²) in [6.45, 7) is 18.0. The van der Waals surface area contributed by atoms with E-state index in [0.717, 1.165) is 79.1 Å². The molecule has 3 aliphatic heterocycles. The first-order valence-electron chi connectivity index (χ1n) is 16.0. The van der Waals surface area contributed by atoms with Gasteiger partial charge in [-0.15, -0.1) is 0 Å². The SMILES string of the molecule is C=C(c1ccc(C)cc1)N1CCOCC1.CC.CC1=CCC2C(C)=NC(c3cccc4c3ccn4C(=O)C3CC3)=CN2C=C1. The molecule has 1 unspecified atom stereocenters. The monoisotopic (exact) mass is 590 g/mol. The second-order valence-electron chi connectivity index (χ2n) is 11.7. The smallest absolute Gasteiger partial charge is 0.234 e. The fourth-order valence-corrected chi connectivity index (χ4v) is 5.75. The largest absolute Gasteiger partial charge is 0.378 e. The van der Waals surface area contributed by atoms with Crippen LogP contribution >= 0.6 is 0 Å². The summed E-state index contributed by atoms with van der Waals surface area (Å²) in [4.78, 5) is 22.1. The number of benzene rings is 2. The predicted molar refractivity (Wildman–Crippen MR) is 183 cm³/mol. The highest BCUT2D eigenvalue weighted by Gasteiger charge is 2.31. The Morgan fingerprint density at radius 3 is 2.41 bits per heavy atom. The number of hydrogen-bond donors (Lipinski definition) is 0. The maximum absolute atomic E-state index is 12.6. The van der Waals surface area contributed by atoms with Crippen LogP contribution in [-0.4, -0.2) is 58.3 Å². The summed E-state index contributed by atoms with van der Waals surface area (Å²) >= 11 is 0. The Morgan fingerprint density at radius 2 is 1.70 bits per heavy atom. The summed E-state index contributed by atoms with van der Waals surface area (Å²) in [7, 11) is 0. The molecule has 1 aliphatic carbocycles. The molecular formula is C38H46N4O2. The van der Waals surface area contributed by atoms with Crippen molar-refractivity contribution in [2.45, 2.75) is 59.9 Å². The number of ether oxygens (including phenoxy) is 1. The molecule has 4 aliphatic rings. The second-order valence-corrected chi connectivity index (χ2v) is 11.7. The topological polar surface area (TPSA) is 50.1 Å². The van der Waals surface area contributed by atoms with Crippen molar-refractivity contribution in [3.05, 3.63) is 108 Å².